The van der Waals surface area contributed by atoms with E-state index in [2.05, 4.69) is 57.2 Å². The lowest BCUT2D eigenvalue weighted by Crippen LogP contribution is -1.95. The Morgan fingerprint density at radius 1 is 0.708 bits per heavy atom. The van der Waals surface area contributed by atoms with Crippen molar-refractivity contribution in [1.29, 1.82) is 0 Å². The van der Waals surface area contributed by atoms with E-state index in [1.807, 2.05) is 12.1 Å². The molecule has 0 aliphatic carbocycles. The van der Waals surface area contributed by atoms with Crippen molar-refractivity contribution in [2.75, 3.05) is 0 Å². The number of benzene rings is 3. The van der Waals surface area contributed by atoms with Gasteiger partial charge in [-0.05, 0) is 66.3 Å². The van der Waals surface area contributed by atoms with E-state index in [0.717, 1.165) is 11.1 Å². The molecule has 0 bridgehead atoms. The van der Waals surface area contributed by atoms with Crippen LogP contribution in [0.25, 0.3) is 22.3 Å². The van der Waals surface area contributed by atoms with E-state index in [9.17, 15) is 4.79 Å². The fourth-order valence-electron chi connectivity index (χ4n) is 2.96. The summed E-state index contributed by atoms with van der Waals surface area (Å²) in [7, 11) is 0. The van der Waals surface area contributed by atoms with Crippen molar-refractivity contribution < 1.29 is 9.90 Å². The number of aromatic carboxylic acids is 1. The third kappa shape index (κ3) is 3.09. The van der Waals surface area contributed by atoms with Gasteiger partial charge in [-0.2, -0.15) is 0 Å². The molecule has 120 valence electrons. The molecular weight excluding hydrogens is 296 g/mol. The van der Waals surface area contributed by atoms with Crippen LogP contribution >= 0.6 is 0 Å². The molecule has 0 saturated carbocycles. The number of hydrogen-bond donors (Lipinski definition) is 1. The van der Waals surface area contributed by atoms with Crippen LogP contribution in [0.4, 0.5) is 0 Å². The second kappa shape index (κ2) is 6.32. The van der Waals surface area contributed by atoms with Crippen molar-refractivity contribution in [3.63, 3.8) is 0 Å². The van der Waals surface area contributed by atoms with Crippen molar-refractivity contribution in [2.45, 2.75) is 20.8 Å². The van der Waals surface area contributed by atoms with Crippen LogP contribution in [-0.4, -0.2) is 11.1 Å². The average molecular weight is 316 g/mol. The smallest absolute Gasteiger partial charge is 0.335 e. The van der Waals surface area contributed by atoms with Gasteiger partial charge in [-0.3, -0.25) is 0 Å². The summed E-state index contributed by atoms with van der Waals surface area (Å²) in [5.74, 6) is -0.899. The molecule has 0 radical (unpaired) electrons. The topological polar surface area (TPSA) is 37.3 Å². The Balaban J connectivity index is 2.03. The molecule has 0 fully saturated rings. The summed E-state index contributed by atoms with van der Waals surface area (Å²) in [5.41, 5.74) is 8.58. The summed E-state index contributed by atoms with van der Waals surface area (Å²) in [5, 5.41) is 9.03. The highest BCUT2D eigenvalue weighted by Gasteiger charge is 2.09. The Bertz CT molecular complexity index is 889. The average Bonchev–Trinajstić information content (AvgIpc) is 2.57. The Labute approximate surface area is 142 Å². The van der Waals surface area contributed by atoms with E-state index in [1.54, 1.807) is 12.1 Å². The summed E-state index contributed by atoms with van der Waals surface area (Å²) in [6.07, 6.45) is 0. The number of hydrogen-bond acceptors (Lipinski definition) is 1. The molecule has 24 heavy (non-hydrogen) atoms. The first-order valence-corrected chi connectivity index (χ1v) is 7.98. The van der Waals surface area contributed by atoms with Crippen LogP contribution in [-0.2, 0) is 0 Å². The molecule has 0 saturated heterocycles. The Morgan fingerprint density at radius 3 is 1.54 bits per heavy atom. The monoisotopic (exact) mass is 316 g/mol. The lowest BCUT2D eigenvalue weighted by Gasteiger charge is -2.13. The van der Waals surface area contributed by atoms with Gasteiger partial charge in [0.25, 0.3) is 0 Å². The largest absolute Gasteiger partial charge is 0.478 e. The third-order valence-corrected chi connectivity index (χ3v) is 4.38. The maximum absolute atomic E-state index is 11.0. The van der Waals surface area contributed by atoms with Crippen molar-refractivity contribution in [3.8, 4) is 22.3 Å². The Hall–Kier alpha value is -2.87. The molecule has 3 rings (SSSR count). The number of carboxylic acids is 1. The van der Waals surface area contributed by atoms with Crippen molar-refractivity contribution in [3.05, 3.63) is 82.9 Å². The van der Waals surface area contributed by atoms with Crippen molar-refractivity contribution >= 4 is 5.97 Å². The van der Waals surface area contributed by atoms with Gasteiger partial charge in [-0.1, -0.05) is 54.1 Å². The standard InChI is InChI=1S/C22H20O2/c1-14-4-6-17(7-5-14)20-12-16(3)21(13-15(20)2)18-8-10-19(11-9-18)22(23)24/h4-13H,1-3H3,(H,23,24). The molecule has 3 aromatic rings. The van der Waals surface area contributed by atoms with Gasteiger partial charge in [0.1, 0.15) is 0 Å². The van der Waals surface area contributed by atoms with Gasteiger partial charge < -0.3 is 5.11 Å². The molecule has 2 nitrogen and oxygen atoms in total. The van der Waals surface area contributed by atoms with Gasteiger partial charge >= 0.3 is 5.97 Å². The zero-order valence-electron chi connectivity index (χ0n) is 14.1. The van der Waals surface area contributed by atoms with E-state index in [0.29, 0.717) is 5.56 Å². The lowest BCUT2D eigenvalue weighted by atomic mass is 9.91. The predicted octanol–water partition coefficient (Wildman–Crippen LogP) is 5.64. The first-order chi connectivity index (χ1) is 11.5. The molecule has 0 aliphatic heterocycles. The molecule has 2 heteroatoms. The first kappa shape index (κ1) is 16.0. The summed E-state index contributed by atoms with van der Waals surface area (Å²) >= 11 is 0. The van der Waals surface area contributed by atoms with Crippen LogP contribution < -0.4 is 0 Å². The number of carboxylic acid groups (broad SMARTS) is 1. The van der Waals surface area contributed by atoms with Gasteiger partial charge in [-0.25, -0.2) is 4.79 Å². The number of carbonyl (C=O) groups is 1. The van der Waals surface area contributed by atoms with Crippen molar-refractivity contribution in [2.24, 2.45) is 0 Å². The second-order valence-corrected chi connectivity index (χ2v) is 6.23. The highest BCUT2D eigenvalue weighted by molar-refractivity contribution is 5.88. The zero-order chi connectivity index (χ0) is 17.3. The Kier molecular flexibility index (Phi) is 4.22. The van der Waals surface area contributed by atoms with Crippen LogP contribution in [0.2, 0.25) is 0 Å². The molecule has 0 aromatic heterocycles. The minimum atomic E-state index is -0.899. The Morgan fingerprint density at radius 2 is 1.12 bits per heavy atom. The highest BCUT2D eigenvalue weighted by Crippen LogP contribution is 2.32. The maximum atomic E-state index is 11.0. The molecule has 0 spiro atoms. The fourth-order valence-corrected chi connectivity index (χ4v) is 2.96. The summed E-state index contributed by atoms with van der Waals surface area (Å²) < 4.78 is 0. The van der Waals surface area contributed by atoms with Crippen LogP contribution in [0.15, 0.2) is 60.7 Å². The molecule has 0 heterocycles. The molecule has 0 unspecified atom stereocenters. The van der Waals surface area contributed by atoms with E-state index < -0.39 is 5.97 Å². The van der Waals surface area contributed by atoms with E-state index in [4.69, 9.17) is 5.11 Å². The van der Waals surface area contributed by atoms with Crippen LogP contribution in [0.1, 0.15) is 27.0 Å². The summed E-state index contributed by atoms with van der Waals surface area (Å²) in [6.45, 7) is 6.30. The molecular formula is C22H20O2. The second-order valence-electron chi connectivity index (χ2n) is 6.23. The predicted molar refractivity (Wildman–Crippen MR) is 98.5 cm³/mol. The normalized spacial score (nSPS) is 10.6. The first-order valence-electron chi connectivity index (χ1n) is 7.98. The van der Waals surface area contributed by atoms with Crippen LogP contribution in [0.3, 0.4) is 0 Å². The number of rotatable bonds is 3. The van der Waals surface area contributed by atoms with E-state index >= 15 is 0 Å². The van der Waals surface area contributed by atoms with Gasteiger partial charge in [-0.15, -0.1) is 0 Å². The third-order valence-electron chi connectivity index (χ3n) is 4.38. The van der Waals surface area contributed by atoms with E-state index in [1.165, 1.54) is 27.8 Å². The van der Waals surface area contributed by atoms with Crippen LogP contribution in [0.5, 0.6) is 0 Å². The van der Waals surface area contributed by atoms with Crippen LogP contribution in [0, 0.1) is 20.8 Å². The SMILES string of the molecule is Cc1ccc(-c2cc(C)c(-c3ccc(C(=O)O)cc3)cc2C)cc1. The minimum Gasteiger partial charge on any atom is -0.478 e. The van der Waals surface area contributed by atoms with Crippen molar-refractivity contribution in [1.82, 2.24) is 0 Å². The molecule has 0 aliphatic rings. The minimum absolute atomic E-state index is 0.310. The van der Waals surface area contributed by atoms with Gasteiger partial charge in [0.05, 0.1) is 5.56 Å². The molecule has 0 amide bonds. The lowest BCUT2D eigenvalue weighted by molar-refractivity contribution is 0.0697. The zero-order valence-corrected chi connectivity index (χ0v) is 14.1. The fraction of sp³-hybridized carbons (Fsp3) is 0.136. The molecule has 1 N–H and O–H groups in total. The summed E-state index contributed by atoms with van der Waals surface area (Å²) in [6, 6.07) is 20.0. The summed E-state index contributed by atoms with van der Waals surface area (Å²) in [4.78, 5) is 11.0. The van der Waals surface area contributed by atoms with Gasteiger partial charge in [0.15, 0.2) is 0 Å². The quantitative estimate of drug-likeness (QED) is 0.678. The molecule has 0 atom stereocenters. The number of aryl methyl sites for hydroxylation is 3. The highest BCUT2D eigenvalue weighted by atomic mass is 16.4. The van der Waals surface area contributed by atoms with E-state index in [-0.39, 0.29) is 0 Å². The van der Waals surface area contributed by atoms with Gasteiger partial charge in [0.2, 0.25) is 0 Å². The maximum Gasteiger partial charge on any atom is 0.335 e. The van der Waals surface area contributed by atoms with Gasteiger partial charge in [0, 0.05) is 0 Å². The molecule has 3 aromatic carbocycles.